The van der Waals surface area contributed by atoms with E-state index in [1.54, 1.807) is 17.8 Å². The summed E-state index contributed by atoms with van der Waals surface area (Å²) in [4.78, 5) is 10.7. The number of aromatic nitrogens is 2. The van der Waals surface area contributed by atoms with E-state index in [0.717, 1.165) is 43.6 Å². The Balaban J connectivity index is 1.65. The lowest BCUT2D eigenvalue weighted by atomic mass is 9.89. The van der Waals surface area contributed by atoms with Crippen LogP contribution in [0.3, 0.4) is 0 Å². The molecule has 2 aromatic heterocycles. The van der Waals surface area contributed by atoms with E-state index < -0.39 is 0 Å². The number of pyridine rings is 2. The van der Waals surface area contributed by atoms with Crippen molar-refractivity contribution in [2.24, 2.45) is 0 Å². The van der Waals surface area contributed by atoms with Gasteiger partial charge in [-0.15, -0.1) is 0 Å². The Kier molecular flexibility index (Phi) is 7.62. The van der Waals surface area contributed by atoms with Crippen molar-refractivity contribution in [3.63, 3.8) is 0 Å². The number of aromatic hydroxyl groups is 1. The van der Waals surface area contributed by atoms with Crippen molar-refractivity contribution < 1.29 is 5.11 Å². The van der Waals surface area contributed by atoms with Crippen molar-refractivity contribution in [3.05, 3.63) is 114 Å². The van der Waals surface area contributed by atoms with Crippen molar-refractivity contribution in [3.8, 4) is 39.4 Å². The summed E-state index contributed by atoms with van der Waals surface area (Å²) in [5.74, 6) is 1.04. The van der Waals surface area contributed by atoms with Crippen molar-refractivity contribution in [2.75, 3.05) is 0 Å². The van der Waals surface area contributed by atoms with Gasteiger partial charge < -0.3 is 5.11 Å². The summed E-state index contributed by atoms with van der Waals surface area (Å²) in [6, 6.07) is 32.8. The second-order valence-corrected chi connectivity index (χ2v) is 11.2. The Morgan fingerprint density at radius 2 is 1.39 bits per heavy atom. The molecule has 0 unspecified atom stereocenters. The van der Waals surface area contributed by atoms with Crippen LogP contribution in [0.4, 0.5) is 0 Å². The van der Waals surface area contributed by atoms with Crippen molar-refractivity contribution >= 4 is 11.8 Å². The minimum absolute atomic E-state index is 0.224. The van der Waals surface area contributed by atoms with Gasteiger partial charge in [0.15, 0.2) is 0 Å². The van der Waals surface area contributed by atoms with Gasteiger partial charge in [-0.05, 0) is 71.0 Å². The number of hydrogen-bond acceptors (Lipinski definition) is 4. The molecule has 0 radical (unpaired) electrons. The summed E-state index contributed by atoms with van der Waals surface area (Å²) in [6.07, 6.45) is 1.81. The first-order chi connectivity index (χ1) is 18.4. The van der Waals surface area contributed by atoms with Crippen LogP contribution < -0.4 is 0 Å². The Labute approximate surface area is 229 Å². The molecule has 0 fully saturated rings. The predicted octanol–water partition coefficient (Wildman–Crippen LogP) is 9.58. The summed E-state index contributed by atoms with van der Waals surface area (Å²) in [6.45, 7) is 8.91. The molecule has 0 saturated heterocycles. The number of para-hydroxylation sites is 1. The van der Waals surface area contributed by atoms with E-state index in [1.165, 1.54) is 11.1 Å². The molecule has 0 bridgehead atoms. The summed E-state index contributed by atoms with van der Waals surface area (Å²) in [5, 5.41) is 11.8. The Hall–Kier alpha value is -3.89. The predicted molar refractivity (Wildman–Crippen MR) is 159 cm³/mol. The normalized spacial score (nSPS) is 11.3. The van der Waals surface area contributed by atoms with Crippen LogP contribution in [0.15, 0.2) is 113 Å². The Bertz CT molecular complexity index is 1530. The summed E-state index contributed by atoms with van der Waals surface area (Å²) >= 11 is 1.63. The van der Waals surface area contributed by atoms with E-state index in [-0.39, 0.29) is 5.75 Å². The third-order valence-electron chi connectivity index (χ3n) is 6.67. The van der Waals surface area contributed by atoms with Gasteiger partial charge in [0, 0.05) is 27.8 Å². The highest BCUT2D eigenvalue weighted by atomic mass is 32.2. The fourth-order valence-electron chi connectivity index (χ4n) is 4.48. The maximum absolute atomic E-state index is 10.8. The molecular formula is C34H32N2OS. The van der Waals surface area contributed by atoms with Gasteiger partial charge >= 0.3 is 0 Å². The van der Waals surface area contributed by atoms with E-state index in [2.05, 4.69) is 87.3 Å². The van der Waals surface area contributed by atoms with Crippen molar-refractivity contribution in [2.45, 2.75) is 49.5 Å². The molecule has 1 N–H and O–H groups in total. The molecule has 38 heavy (non-hydrogen) atoms. The van der Waals surface area contributed by atoms with Gasteiger partial charge in [-0.3, -0.25) is 0 Å². The fourth-order valence-corrected chi connectivity index (χ4v) is 5.31. The number of phenols is 1. The maximum atomic E-state index is 10.8. The van der Waals surface area contributed by atoms with E-state index in [0.29, 0.717) is 11.8 Å². The van der Waals surface area contributed by atoms with Crippen LogP contribution in [0.2, 0.25) is 0 Å². The van der Waals surface area contributed by atoms with E-state index in [9.17, 15) is 5.11 Å². The lowest BCUT2D eigenvalue weighted by Gasteiger charge is -2.17. The highest BCUT2D eigenvalue weighted by molar-refractivity contribution is 7.99. The van der Waals surface area contributed by atoms with Crippen LogP contribution in [-0.4, -0.2) is 15.1 Å². The molecule has 0 amide bonds. The molecule has 3 aromatic carbocycles. The minimum atomic E-state index is 0.224. The lowest BCUT2D eigenvalue weighted by molar-refractivity contribution is 0.477. The zero-order valence-corrected chi connectivity index (χ0v) is 23.0. The molecule has 3 nitrogen and oxygen atoms in total. The van der Waals surface area contributed by atoms with Gasteiger partial charge in [-0.25, -0.2) is 9.97 Å². The highest BCUT2D eigenvalue weighted by Gasteiger charge is 2.17. The van der Waals surface area contributed by atoms with E-state index >= 15 is 0 Å². The van der Waals surface area contributed by atoms with Crippen LogP contribution in [0, 0.1) is 0 Å². The van der Waals surface area contributed by atoms with Gasteiger partial charge in [0.25, 0.3) is 0 Å². The first kappa shape index (κ1) is 25.7. The zero-order chi connectivity index (χ0) is 26.6. The molecule has 4 heteroatoms. The summed E-state index contributed by atoms with van der Waals surface area (Å²) < 4.78 is 0. The Morgan fingerprint density at radius 3 is 2.08 bits per heavy atom. The number of rotatable bonds is 7. The van der Waals surface area contributed by atoms with Gasteiger partial charge in [-0.1, -0.05) is 94.1 Å². The third-order valence-corrected chi connectivity index (χ3v) is 7.61. The fraction of sp³-hybridized carbons (Fsp3) is 0.176. The van der Waals surface area contributed by atoms with Gasteiger partial charge in [0.1, 0.15) is 10.8 Å². The van der Waals surface area contributed by atoms with Crippen LogP contribution in [0.5, 0.6) is 5.75 Å². The molecule has 0 saturated carbocycles. The lowest BCUT2D eigenvalue weighted by Crippen LogP contribution is -1.98. The Morgan fingerprint density at radius 1 is 0.658 bits per heavy atom. The molecule has 0 atom stereocenters. The van der Waals surface area contributed by atoms with Gasteiger partial charge in [0.2, 0.25) is 0 Å². The first-order valence-electron chi connectivity index (χ1n) is 13.0. The first-order valence-corrected chi connectivity index (χ1v) is 13.8. The summed E-state index contributed by atoms with van der Waals surface area (Å²) in [7, 11) is 0. The number of benzene rings is 3. The van der Waals surface area contributed by atoms with E-state index in [4.69, 9.17) is 4.98 Å². The van der Waals surface area contributed by atoms with E-state index in [1.807, 2.05) is 42.6 Å². The molecule has 190 valence electrons. The quantitative estimate of drug-likeness (QED) is 0.234. The number of hydrogen-bond donors (Lipinski definition) is 1. The highest BCUT2D eigenvalue weighted by Crippen LogP contribution is 2.39. The molecule has 2 heterocycles. The smallest absolute Gasteiger partial charge is 0.124 e. The average Bonchev–Trinajstić information content (AvgIpc) is 2.93. The van der Waals surface area contributed by atoms with Gasteiger partial charge in [0.05, 0.1) is 11.4 Å². The second-order valence-electron chi connectivity index (χ2n) is 10.1. The van der Waals surface area contributed by atoms with Crippen LogP contribution in [-0.2, 0) is 0 Å². The van der Waals surface area contributed by atoms with Crippen molar-refractivity contribution in [1.29, 1.82) is 0 Å². The minimum Gasteiger partial charge on any atom is -0.507 e. The largest absolute Gasteiger partial charge is 0.507 e. The molecule has 0 aliphatic rings. The van der Waals surface area contributed by atoms with Crippen LogP contribution in [0.25, 0.3) is 33.6 Å². The molecule has 0 aliphatic heterocycles. The molecule has 0 aliphatic carbocycles. The standard InChI is InChI=1S/C34H32N2OS/c1-22(2)25-18-26(23(3)4)20-27(19-25)29-15-16-31(36-34(29)30-12-5-6-13-32(30)37)24-10-9-11-28(21-24)38-33-14-7-8-17-35-33/h5-23,37H,1-4H3. The van der Waals surface area contributed by atoms with Crippen LogP contribution >= 0.6 is 11.8 Å². The molecular weight excluding hydrogens is 484 g/mol. The topological polar surface area (TPSA) is 46.0 Å². The maximum Gasteiger partial charge on any atom is 0.124 e. The monoisotopic (exact) mass is 516 g/mol. The molecule has 5 aromatic rings. The second kappa shape index (κ2) is 11.2. The zero-order valence-electron chi connectivity index (χ0n) is 22.2. The van der Waals surface area contributed by atoms with Crippen LogP contribution in [0.1, 0.15) is 50.7 Å². The molecule has 5 rings (SSSR count). The van der Waals surface area contributed by atoms with Gasteiger partial charge in [-0.2, -0.15) is 0 Å². The third kappa shape index (κ3) is 5.66. The average molecular weight is 517 g/mol. The molecule has 0 spiro atoms. The SMILES string of the molecule is CC(C)c1cc(-c2ccc(-c3cccc(Sc4ccccn4)c3)nc2-c2ccccc2O)cc(C(C)C)c1. The number of phenolic OH excluding ortho intramolecular Hbond substituents is 1. The number of nitrogens with zero attached hydrogens (tertiary/aromatic N) is 2. The van der Waals surface area contributed by atoms with Crippen molar-refractivity contribution in [1.82, 2.24) is 9.97 Å². The summed E-state index contributed by atoms with van der Waals surface area (Å²) in [5.41, 5.74) is 8.13.